The van der Waals surface area contributed by atoms with Crippen molar-refractivity contribution >= 4 is 28.5 Å². The third kappa shape index (κ3) is 4.18. The van der Waals surface area contributed by atoms with Crippen LogP contribution in [-0.2, 0) is 4.79 Å². The zero-order valence-corrected chi connectivity index (χ0v) is 14.4. The molecule has 3 rings (SSSR count). The Hall–Kier alpha value is -2.72. The normalized spacial score (nSPS) is 10.9. The van der Waals surface area contributed by atoms with Gasteiger partial charge in [-0.25, -0.2) is 4.98 Å². The largest absolute Gasteiger partial charge is 0.298 e. The zero-order valence-electron chi connectivity index (χ0n) is 13.6. The number of carbonyl (C=O) groups excluding carboxylic acids is 1. The van der Waals surface area contributed by atoms with E-state index in [0.29, 0.717) is 5.13 Å². The summed E-state index contributed by atoms with van der Waals surface area (Å²) in [5.41, 5.74) is 5.33. The SMILES string of the molecule is Cc1ccc(C=CC(=O)Nc2nc(-c3ccc(C)cc3)cs2)cc1. The number of benzene rings is 2. The van der Waals surface area contributed by atoms with Crippen LogP contribution >= 0.6 is 11.3 Å². The molecule has 0 spiro atoms. The Kier molecular flexibility index (Phi) is 4.87. The van der Waals surface area contributed by atoms with Crippen molar-refractivity contribution in [3.8, 4) is 11.3 Å². The topological polar surface area (TPSA) is 42.0 Å². The third-order valence-electron chi connectivity index (χ3n) is 3.59. The molecule has 2 aromatic carbocycles. The Balaban J connectivity index is 1.64. The summed E-state index contributed by atoms with van der Waals surface area (Å²) < 4.78 is 0. The van der Waals surface area contributed by atoms with Crippen LogP contribution in [0, 0.1) is 13.8 Å². The maximum absolute atomic E-state index is 12.0. The van der Waals surface area contributed by atoms with Gasteiger partial charge in [0.15, 0.2) is 5.13 Å². The van der Waals surface area contributed by atoms with E-state index in [9.17, 15) is 4.79 Å². The number of rotatable bonds is 4. The maximum Gasteiger partial charge on any atom is 0.250 e. The summed E-state index contributed by atoms with van der Waals surface area (Å²) >= 11 is 1.42. The molecule has 0 aliphatic carbocycles. The van der Waals surface area contributed by atoms with E-state index in [0.717, 1.165) is 16.8 Å². The van der Waals surface area contributed by atoms with Gasteiger partial charge in [-0.1, -0.05) is 59.7 Å². The summed E-state index contributed by atoms with van der Waals surface area (Å²) in [7, 11) is 0. The van der Waals surface area contributed by atoms with Gasteiger partial charge in [0.1, 0.15) is 0 Å². The molecule has 0 aliphatic heterocycles. The van der Waals surface area contributed by atoms with E-state index in [2.05, 4.69) is 29.4 Å². The van der Waals surface area contributed by atoms with Gasteiger partial charge in [0.25, 0.3) is 0 Å². The van der Waals surface area contributed by atoms with Crippen LogP contribution in [0.15, 0.2) is 60.0 Å². The molecule has 0 radical (unpaired) electrons. The van der Waals surface area contributed by atoms with Gasteiger partial charge in [-0.2, -0.15) is 0 Å². The second kappa shape index (κ2) is 7.23. The second-order valence-corrected chi connectivity index (χ2v) is 6.50. The van der Waals surface area contributed by atoms with Gasteiger partial charge in [-0.15, -0.1) is 11.3 Å². The van der Waals surface area contributed by atoms with E-state index in [4.69, 9.17) is 0 Å². The first kappa shape index (κ1) is 16.1. The molecule has 0 atom stereocenters. The summed E-state index contributed by atoms with van der Waals surface area (Å²) in [6.07, 6.45) is 3.32. The number of anilines is 1. The number of hydrogen-bond acceptors (Lipinski definition) is 3. The number of hydrogen-bond donors (Lipinski definition) is 1. The molecule has 24 heavy (non-hydrogen) atoms. The first-order valence-electron chi connectivity index (χ1n) is 7.68. The molecule has 3 nitrogen and oxygen atoms in total. The highest BCUT2D eigenvalue weighted by Gasteiger charge is 2.06. The summed E-state index contributed by atoms with van der Waals surface area (Å²) in [6.45, 7) is 4.09. The van der Waals surface area contributed by atoms with Crippen LogP contribution in [0.4, 0.5) is 5.13 Å². The van der Waals surface area contributed by atoms with Crippen molar-refractivity contribution < 1.29 is 4.79 Å². The summed E-state index contributed by atoms with van der Waals surface area (Å²) in [5, 5.41) is 5.36. The van der Waals surface area contributed by atoms with Crippen molar-refractivity contribution in [2.24, 2.45) is 0 Å². The van der Waals surface area contributed by atoms with Crippen LogP contribution in [-0.4, -0.2) is 10.9 Å². The van der Waals surface area contributed by atoms with E-state index in [-0.39, 0.29) is 5.91 Å². The van der Waals surface area contributed by atoms with Crippen LogP contribution < -0.4 is 5.32 Å². The number of amides is 1. The molecule has 1 N–H and O–H groups in total. The number of nitrogens with zero attached hydrogens (tertiary/aromatic N) is 1. The number of nitrogens with one attached hydrogen (secondary N) is 1. The van der Waals surface area contributed by atoms with Crippen molar-refractivity contribution in [3.63, 3.8) is 0 Å². The van der Waals surface area contributed by atoms with Crippen molar-refractivity contribution in [3.05, 3.63) is 76.7 Å². The molecule has 1 heterocycles. The molecule has 1 aromatic heterocycles. The van der Waals surface area contributed by atoms with Gasteiger partial charge in [0.05, 0.1) is 5.69 Å². The Morgan fingerprint density at radius 3 is 2.29 bits per heavy atom. The zero-order chi connectivity index (χ0) is 16.9. The average Bonchev–Trinajstić information content (AvgIpc) is 3.03. The van der Waals surface area contributed by atoms with Gasteiger partial charge >= 0.3 is 0 Å². The molecule has 0 saturated carbocycles. The lowest BCUT2D eigenvalue weighted by Gasteiger charge is -1.98. The molecular weight excluding hydrogens is 316 g/mol. The number of aromatic nitrogens is 1. The molecule has 0 fully saturated rings. The molecule has 4 heteroatoms. The van der Waals surface area contributed by atoms with Gasteiger partial charge in [0.2, 0.25) is 5.91 Å². The average molecular weight is 334 g/mol. The Bertz CT molecular complexity index is 861. The highest BCUT2D eigenvalue weighted by Crippen LogP contribution is 2.25. The molecule has 120 valence electrons. The molecule has 0 saturated heterocycles. The molecule has 1 amide bonds. The third-order valence-corrected chi connectivity index (χ3v) is 4.34. The predicted octanol–water partition coefficient (Wildman–Crippen LogP) is 5.08. The first-order valence-corrected chi connectivity index (χ1v) is 8.56. The minimum absolute atomic E-state index is 0.180. The predicted molar refractivity (Wildman–Crippen MR) is 101 cm³/mol. The Labute approximate surface area is 145 Å². The van der Waals surface area contributed by atoms with Gasteiger partial charge < -0.3 is 0 Å². The molecule has 0 unspecified atom stereocenters. The van der Waals surface area contributed by atoms with Gasteiger partial charge in [-0.05, 0) is 25.5 Å². The Morgan fingerprint density at radius 1 is 1.00 bits per heavy atom. The molecule has 3 aromatic rings. The summed E-state index contributed by atoms with van der Waals surface area (Å²) in [6, 6.07) is 16.2. The highest BCUT2D eigenvalue weighted by atomic mass is 32.1. The summed E-state index contributed by atoms with van der Waals surface area (Å²) in [5.74, 6) is -0.180. The number of aryl methyl sites for hydroxylation is 2. The van der Waals surface area contributed by atoms with E-state index < -0.39 is 0 Å². The molecule has 0 aliphatic rings. The minimum atomic E-state index is -0.180. The maximum atomic E-state index is 12.0. The fourth-order valence-corrected chi connectivity index (χ4v) is 2.91. The van der Waals surface area contributed by atoms with E-state index in [1.54, 1.807) is 6.08 Å². The van der Waals surface area contributed by atoms with E-state index in [1.165, 1.54) is 28.5 Å². The lowest BCUT2D eigenvalue weighted by atomic mass is 10.1. The first-order chi connectivity index (χ1) is 11.6. The lowest BCUT2D eigenvalue weighted by molar-refractivity contribution is -0.111. The van der Waals surface area contributed by atoms with Crippen molar-refractivity contribution in [2.75, 3.05) is 5.32 Å². The van der Waals surface area contributed by atoms with Crippen LogP contribution in [0.3, 0.4) is 0 Å². The fourth-order valence-electron chi connectivity index (χ4n) is 2.18. The van der Waals surface area contributed by atoms with Crippen LogP contribution in [0.1, 0.15) is 16.7 Å². The second-order valence-electron chi connectivity index (χ2n) is 5.64. The van der Waals surface area contributed by atoms with Crippen LogP contribution in [0.5, 0.6) is 0 Å². The summed E-state index contributed by atoms with van der Waals surface area (Å²) in [4.78, 5) is 16.5. The Morgan fingerprint density at radius 2 is 1.62 bits per heavy atom. The minimum Gasteiger partial charge on any atom is -0.298 e. The highest BCUT2D eigenvalue weighted by molar-refractivity contribution is 7.14. The standard InChI is InChI=1S/C20H18N2OS/c1-14-3-7-16(8-4-14)9-12-19(23)22-20-21-18(13-24-20)17-10-5-15(2)6-11-17/h3-13H,1-2H3,(H,21,22,23). The van der Waals surface area contributed by atoms with Gasteiger partial charge in [0, 0.05) is 17.0 Å². The van der Waals surface area contributed by atoms with Crippen molar-refractivity contribution in [2.45, 2.75) is 13.8 Å². The lowest BCUT2D eigenvalue weighted by Crippen LogP contribution is -2.07. The van der Waals surface area contributed by atoms with Crippen molar-refractivity contribution in [1.29, 1.82) is 0 Å². The number of carbonyl (C=O) groups is 1. The molecular formula is C20H18N2OS. The number of thiazole rings is 1. The van der Waals surface area contributed by atoms with Crippen molar-refractivity contribution in [1.82, 2.24) is 4.98 Å². The van der Waals surface area contributed by atoms with Gasteiger partial charge in [-0.3, -0.25) is 10.1 Å². The van der Waals surface area contributed by atoms with E-state index in [1.807, 2.05) is 48.7 Å². The van der Waals surface area contributed by atoms with Crippen LogP contribution in [0.25, 0.3) is 17.3 Å². The molecule has 0 bridgehead atoms. The fraction of sp³-hybridized carbons (Fsp3) is 0.100. The quantitative estimate of drug-likeness (QED) is 0.676. The van der Waals surface area contributed by atoms with E-state index >= 15 is 0 Å². The monoisotopic (exact) mass is 334 g/mol. The van der Waals surface area contributed by atoms with Crippen LogP contribution in [0.2, 0.25) is 0 Å². The smallest absolute Gasteiger partial charge is 0.250 e.